The van der Waals surface area contributed by atoms with Crippen molar-refractivity contribution in [2.24, 2.45) is 0 Å². The van der Waals surface area contributed by atoms with Crippen molar-refractivity contribution in [1.82, 2.24) is 0 Å². The molecule has 13 aromatic rings. The summed E-state index contributed by atoms with van der Waals surface area (Å²) in [5.74, 6) is 0. The first kappa shape index (κ1) is 50.1. The van der Waals surface area contributed by atoms with Gasteiger partial charge >= 0.3 is 0 Å². The highest BCUT2D eigenvalue weighted by Gasteiger charge is 2.38. The molecule has 0 radical (unpaired) electrons. The molecule has 4 aliphatic rings. The van der Waals surface area contributed by atoms with Crippen molar-refractivity contribution >= 4 is 78.4 Å². The van der Waals surface area contributed by atoms with Crippen molar-refractivity contribution in [1.29, 1.82) is 0 Å². The van der Waals surface area contributed by atoms with E-state index in [2.05, 4.69) is 328 Å². The first-order valence-electron chi connectivity index (χ1n) is 30.2. The Hall–Kier alpha value is -10.4. The Morgan fingerprint density at radius 1 is 0.233 bits per heavy atom. The number of benzene rings is 13. The van der Waals surface area contributed by atoms with Gasteiger partial charge in [0.15, 0.2) is 0 Å². The molecule has 2 heterocycles. The summed E-state index contributed by atoms with van der Waals surface area (Å²) in [5.41, 5.74) is 31.4. The fourth-order valence-electron chi connectivity index (χ4n) is 15.5. The number of hydrogen-bond donors (Lipinski definition) is 0. The Bertz CT molecular complexity index is 4610. The molecule has 0 spiro atoms. The summed E-state index contributed by atoms with van der Waals surface area (Å²) < 4.78 is 0. The van der Waals surface area contributed by atoms with Gasteiger partial charge in [0.05, 0.1) is 45.5 Å². The van der Waals surface area contributed by atoms with E-state index >= 15 is 0 Å². The van der Waals surface area contributed by atoms with Gasteiger partial charge in [-0.2, -0.15) is 0 Å². The van der Waals surface area contributed by atoms with E-state index in [-0.39, 0.29) is 10.8 Å². The molecule has 0 atom stereocenters. The van der Waals surface area contributed by atoms with E-state index in [4.69, 9.17) is 0 Å². The van der Waals surface area contributed by atoms with Crippen molar-refractivity contribution < 1.29 is 0 Å². The van der Waals surface area contributed by atoms with Crippen molar-refractivity contribution in [3.05, 3.63) is 289 Å². The van der Waals surface area contributed by atoms with Crippen LogP contribution in [0.4, 0.5) is 56.9 Å². The van der Waals surface area contributed by atoms with Crippen LogP contribution in [0.3, 0.4) is 0 Å². The Morgan fingerprint density at radius 3 is 0.884 bits per heavy atom. The molecule has 0 bridgehead atoms. The number of nitrogens with zero attached hydrogens (tertiary/aromatic N) is 4. The molecule has 0 amide bonds. The monoisotopic (exact) mass is 1100 g/mol. The van der Waals surface area contributed by atoms with Crippen molar-refractivity contribution in [3.8, 4) is 66.8 Å². The first-order valence-corrected chi connectivity index (χ1v) is 30.2. The molecule has 0 saturated carbocycles. The molecule has 86 heavy (non-hydrogen) atoms. The Morgan fingerprint density at radius 2 is 0.523 bits per heavy atom. The molecule has 0 fully saturated rings. The van der Waals surface area contributed by atoms with Gasteiger partial charge in [0.2, 0.25) is 0 Å². The predicted molar refractivity (Wildman–Crippen MR) is 364 cm³/mol. The van der Waals surface area contributed by atoms with Gasteiger partial charge < -0.3 is 19.6 Å². The third kappa shape index (κ3) is 7.10. The lowest BCUT2D eigenvalue weighted by Gasteiger charge is -2.39. The number of fused-ring (bicyclic) bond motifs is 12. The van der Waals surface area contributed by atoms with Gasteiger partial charge in [-0.1, -0.05) is 210 Å². The van der Waals surface area contributed by atoms with Gasteiger partial charge in [-0.25, -0.2) is 0 Å². The zero-order valence-corrected chi connectivity index (χ0v) is 49.2. The molecule has 13 aromatic carbocycles. The average Bonchev–Trinajstić information content (AvgIpc) is 0.911. The highest BCUT2D eigenvalue weighted by Crippen LogP contribution is 2.58. The van der Waals surface area contributed by atoms with Gasteiger partial charge in [0.25, 0.3) is 0 Å². The smallest absolute Gasteiger partial charge is 0.0699 e. The van der Waals surface area contributed by atoms with E-state index in [1.165, 1.54) is 111 Å². The third-order valence-electron chi connectivity index (χ3n) is 19.7. The zero-order valence-electron chi connectivity index (χ0n) is 49.2. The number of hydrogen-bond acceptors (Lipinski definition) is 4. The lowest BCUT2D eigenvalue weighted by molar-refractivity contribution is 0.660. The second-order valence-corrected chi connectivity index (χ2v) is 24.9. The summed E-state index contributed by atoms with van der Waals surface area (Å²) in [7, 11) is 4.38. The third-order valence-corrected chi connectivity index (χ3v) is 19.7. The Kier molecular flexibility index (Phi) is 10.8. The molecule has 2 aliphatic carbocycles. The minimum atomic E-state index is -0.162. The highest BCUT2D eigenvalue weighted by atomic mass is 15.3. The predicted octanol–water partition coefficient (Wildman–Crippen LogP) is 22.4. The first-order chi connectivity index (χ1) is 42.0. The van der Waals surface area contributed by atoms with Crippen molar-refractivity contribution in [3.63, 3.8) is 0 Å². The molecule has 0 aromatic heterocycles. The quantitative estimate of drug-likeness (QED) is 0.154. The van der Waals surface area contributed by atoms with E-state index < -0.39 is 0 Å². The van der Waals surface area contributed by atoms with Crippen LogP contribution < -0.4 is 19.6 Å². The van der Waals surface area contributed by atoms with Crippen LogP contribution in [-0.4, -0.2) is 14.1 Å². The SMILES string of the molecule is CN1c2ccccc2N(c2ccc3c(-c4ccccc4-c4ccc5c(c4)C(C)(C)c4ccccc4-5)c4cc(N5c6ccccc6N(C)c6ccccc65)ccc4c(-c4ccccc4-c4ccc5c(c4)C(C)(C)c4ccccc4-5)c3c2)c2ccccc21. The molecule has 17 rings (SSSR count). The minimum absolute atomic E-state index is 0.162. The van der Waals surface area contributed by atoms with Gasteiger partial charge in [-0.3, -0.25) is 0 Å². The van der Waals surface area contributed by atoms with Crippen LogP contribution in [0.25, 0.3) is 88.3 Å². The van der Waals surface area contributed by atoms with Crippen LogP contribution >= 0.6 is 0 Å². The van der Waals surface area contributed by atoms with E-state index in [0.29, 0.717) is 0 Å². The van der Waals surface area contributed by atoms with E-state index in [0.717, 1.165) is 56.9 Å². The fraction of sp³-hybridized carbons (Fsp3) is 0.0976. The molecule has 4 nitrogen and oxygen atoms in total. The molecule has 4 heteroatoms. The average molecular weight is 1100 g/mol. The van der Waals surface area contributed by atoms with Gasteiger partial charge in [-0.05, 0) is 195 Å². The molecule has 0 N–H and O–H groups in total. The van der Waals surface area contributed by atoms with E-state index in [9.17, 15) is 0 Å². The summed E-state index contributed by atoms with van der Waals surface area (Å²) >= 11 is 0. The molecular weight excluding hydrogens is 1040 g/mol. The summed E-state index contributed by atoms with van der Waals surface area (Å²) in [6, 6.07) is 101. The number of para-hydroxylation sites is 8. The van der Waals surface area contributed by atoms with Crippen LogP contribution in [0.15, 0.2) is 267 Å². The summed E-state index contributed by atoms with van der Waals surface area (Å²) in [6.45, 7) is 9.55. The maximum absolute atomic E-state index is 2.50. The molecular formula is C82H62N4. The standard InChI is InChI=1S/C82H62N4/c1-81(2)67-29-13-11-25-57(67)59-43-39-51(47-69(59)81)55-23-7-9-27-61(55)79-63-45-41-54(86-77-37-21-17-33-73(77)84(6)74-34-18-22-38-78(74)86)50-66(63)80(62-28-10-8-24-56(62)52-40-44-60-58-26-12-14-30-68(58)82(3,4)70(60)48-52)64-46-42-53(49-65(64)79)85-75-35-19-15-31-71(75)83(5)72-32-16-20-36-76(72)85/h7-50H,1-6H3. The van der Waals surface area contributed by atoms with Crippen molar-refractivity contribution in [2.45, 2.75) is 38.5 Å². The second-order valence-electron chi connectivity index (χ2n) is 24.9. The lowest BCUT2D eigenvalue weighted by Crippen LogP contribution is -2.24. The number of rotatable bonds is 6. The number of anilines is 10. The molecule has 2 aliphatic heterocycles. The van der Waals surface area contributed by atoms with E-state index in [1.807, 2.05) is 0 Å². The molecule has 0 saturated heterocycles. The van der Waals surface area contributed by atoms with Gasteiger partial charge in [0, 0.05) is 36.3 Å². The zero-order chi connectivity index (χ0) is 57.7. The Labute approximate surface area is 503 Å². The summed E-state index contributed by atoms with van der Waals surface area (Å²) in [4.78, 5) is 9.62. The maximum Gasteiger partial charge on any atom is 0.0699 e. The summed E-state index contributed by atoms with van der Waals surface area (Å²) in [6.07, 6.45) is 0. The minimum Gasteiger partial charge on any atom is -0.341 e. The highest BCUT2D eigenvalue weighted by molar-refractivity contribution is 6.25. The van der Waals surface area contributed by atoms with Gasteiger partial charge in [0.1, 0.15) is 0 Å². The maximum atomic E-state index is 2.50. The van der Waals surface area contributed by atoms with Crippen LogP contribution in [0.1, 0.15) is 49.9 Å². The van der Waals surface area contributed by atoms with Crippen LogP contribution in [-0.2, 0) is 10.8 Å². The van der Waals surface area contributed by atoms with Crippen molar-refractivity contribution in [2.75, 3.05) is 33.7 Å². The van der Waals surface area contributed by atoms with Crippen LogP contribution in [0, 0.1) is 0 Å². The van der Waals surface area contributed by atoms with Crippen LogP contribution in [0.2, 0.25) is 0 Å². The normalized spacial score (nSPS) is 14.5. The lowest BCUT2D eigenvalue weighted by atomic mass is 9.79. The molecule has 410 valence electrons. The van der Waals surface area contributed by atoms with Crippen LogP contribution in [0.5, 0.6) is 0 Å². The largest absolute Gasteiger partial charge is 0.341 e. The summed E-state index contributed by atoms with van der Waals surface area (Å²) in [5, 5.41) is 4.74. The fourth-order valence-corrected chi connectivity index (χ4v) is 15.5. The topological polar surface area (TPSA) is 13.0 Å². The second kappa shape index (κ2) is 18.5. The van der Waals surface area contributed by atoms with Gasteiger partial charge in [-0.15, -0.1) is 0 Å². The van der Waals surface area contributed by atoms with E-state index in [1.54, 1.807) is 0 Å². The Balaban J connectivity index is 0.985. The molecule has 0 unspecified atom stereocenters.